The van der Waals surface area contributed by atoms with Crippen LogP contribution in [-0.2, 0) is 0 Å². The maximum atomic E-state index is 6.53. The van der Waals surface area contributed by atoms with E-state index in [1.165, 1.54) is 38.1 Å². The summed E-state index contributed by atoms with van der Waals surface area (Å²) in [4.78, 5) is 3.83. The number of nitrogens with one attached hydrogen (secondary N) is 1. The van der Waals surface area contributed by atoms with Gasteiger partial charge in [-0.05, 0) is 76.9 Å². The summed E-state index contributed by atoms with van der Waals surface area (Å²) in [6.45, 7) is 4.00. The molecule has 0 aliphatic carbocycles. The molecule has 0 unspecified atom stereocenters. The molecule has 53 heavy (non-hydrogen) atoms. The molecule has 3 heteroatoms. The number of rotatable bonds is 4. The van der Waals surface area contributed by atoms with Crippen molar-refractivity contribution in [3.8, 4) is 39.1 Å². The van der Waals surface area contributed by atoms with Gasteiger partial charge in [-0.1, -0.05) is 135 Å². The van der Waals surface area contributed by atoms with Crippen LogP contribution in [0.5, 0.6) is 0 Å². The van der Waals surface area contributed by atoms with Crippen LogP contribution >= 0.6 is 0 Å². The Morgan fingerprint density at radius 2 is 1.00 bits per heavy atom. The van der Waals surface area contributed by atoms with E-state index < -0.39 is 0 Å². The number of benzene rings is 8. The van der Waals surface area contributed by atoms with E-state index in [0.717, 1.165) is 66.5 Å². The standard InChI is InChI=1S/C48H30N2O.C2H6/c1-2-12-30(13-3-1)31-26-32(28-33(27-31)36-18-11-20-41-39-16-6-9-23-46(39)51-48(36)41)35-17-10-19-40-42-29-34(24-25-43(42)49-47(35)40)50-44-21-7-4-14-37(44)38-15-5-8-22-45(38)50;1-2/h1-29,49H;1-2H3. The zero-order valence-corrected chi connectivity index (χ0v) is 29.6. The third kappa shape index (κ3) is 4.89. The van der Waals surface area contributed by atoms with E-state index in [1.807, 2.05) is 26.0 Å². The van der Waals surface area contributed by atoms with Gasteiger partial charge < -0.3 is 14.0 Å². The Kier molecular flexibility index (Phi) is 7.26. The van der Waals surface area contributed by atoms with Crippen LogP contribution in [0.3, 0.4) is 0 Å². The second-order valence-corrected chi connectivity index (χ2v) is 13.4. The van der Waals surface area contributed by atoms with Gasteiger partial charge in [-0.3, -0.25) is 0 Å². The van der Waals surface area contributed by atoms with E-state index in [9.17, 15) is 0 Å². The molecule has 3 aromatic heterocycles. The van der Waals surface area contributed by atoms with Crippen molar-refractivity contribution in [3.63, 3.8) is 0 Å². The largest absolute Gasteiger partial charge is 0.455 e. The van der Waals surface area contributed by atoms with Gasteiger partial charge >= 0.3 is 0 Å². The van der Waals surface area contributed by atoms with Crippen LogP contribution in [0.4, 0.5) is 0 Å². The van der Waals surface area contributed by atoms with Crippen molar-refractivity contribution in [3.05, 3.63) is 176 Å². The molecule has 3 nitrogen and oxygen atoms in total. The van der Waals surface area contributed by atoms with Crippen molar-refractivity contribution in [2.75, 3.05) is 0 Å². The molecule has 0 amide bonds. The number of hydrogen-bond donors (Lipinski definition) is 1. The molecule has 1 N–H and O–H groups in total. The van der Waals surface area contributed by atoms with Gasteiger partial charge in [0.05, 0.1) is 16.6 Å². The zero-order chi connectivity index (χ0) is 35.5. The highest BCUT2D eigenvalue weighted by molar-refractivity contribution is 6.14. The third-order valence-corrected chi connectivity index (χ3v) is 10.5. The van der Waals surface area contributed by atoms with Gasteiger partial charge in [-0.2, -0.15) is 0 Å². The van der Waals surface area contributed by atoms with Crippen LogP contribution < -0.4 is 0 Å². The summed E-state index contributed by atoms with van der Waals surface area (Å²) in [6, 6.07) is 63.2. The molecule has 3 heterocycles. The fourth-order valence-electron chi connectivity index (χ4n) is 8.20. The molecule has 0 aliphatic heterocycles. The van der Waals surface area contributed by atoms with Crippen LogP contribution in [0.25, 0.3) is 105 Å². The average molecular weight is 681 g/mol. The number of H-pyrrole nitrogens is 1. The molecule has 11 rings (SSSR count). The number of nitrogens with zero attached hydrogens (tertiary/aromatic N) is 1. The molecular formula is C50H36N2O. The molecule has 11 aromatic rings. The van der Waals surface area contributed by atoms with E-state index in [1.54, 1.807) is 0 Å². The quantitative estimate of drug-likeness (QED) is 0.197. The van der Waals surface area contributed by atoms with Crippen molar-refractivity contribution in [1.82, 2.24) is 9.55 Å². The van der Waals surface area contributed by atoms with E-state index in [4.69, 9.17) is 4.42 Å². The van der Waals surface area contributed by atoms with E-state index >= 15 is 0 Å². The van der Waals surface area contributed by atoms with Gasteiger partial charge in [-0.15, -0.1) is 0 Å². The van der Waals surface area contributed by atoms with Gasteiger partial charge in [0.1, 0.15) is 11.2 Å². The molecule has 0 aliphatic rings. The fourth-order valence-corrected chi connectivity index (χ4v) is 8.20. The van der Waals surface area contributed by atoms with Crippen LogP contribution in [0, 0.1) is 0 Å². The van der Waals surface area contributed by atoms with Gasteiger partial charge in [-0.25, -0.2) is 0 Å². The number of aromatic nitrogens is 2. The maximum absolute atomic E-state index is 6.53. The summed E-state index contributed by atoms with van der Waals surface area (Å²) >= 11 is 0. The predicted molar refractivity (Wildman–Crippen MR) is 225 cm³/mol. The summed E-state index contributed by atoms with van der Waals surface area (Å²) in [5.74, 6) is 0. The number of furan rings is 1. The lowest BCUT2D eigenvalue weighted by molar-refractivity contribution is 0.670. The number of para-hydroxylation sites is 5. The van der Waals surface area contributed by atoms with Gasteiger partial charge in [0.15, 0.2) is 0 Å². The normalized spacial score (nSPS) is 11.6. The van der Waals surface area contributed by atoms with Crippen molar-refractivity contribution < 1.29 is 4.42 Å². The first-order valence-electron chi connectivity index (χ1n) is 18.4. The lowest BCUT2D eigenvalue weighted by Crippen LogP contribution is -1.93. The topological polar surface area (TPSA) is 33.9 Å². The summed E-state index contributed by atoms with van der Waals surface area (Å²) in [5.41, 5.74) is 14.5. The minimum Gasteiger partial charge on any atom is -0.455 e. The minimum atomic E-state index is 0.905. The van der Waals surface area contributed by atoms with Crippen molar-refractivity contribution >= 4 is 65.6 Å². The van der Waals surface area contributed by atoms with E-state index in [0.29, 0.717) is 0 Å². The first-order valence-corrected chi connectivity index (χ1v) is 18.4. The monoisotopic (exact) mass is 680 g/mol. The van der Waals surface area contributed by atoms with E-state index in [2.05, 4.69) is 173 Å². The molecular weight excluding hydrogens is 645 g/mol. The Balaban J connectivity index is 0.00000172. The Hall–Kier alpha value is -6.84. The average Bonchev–Trinajstić information content (AvgIpc) is 3.91. The highest BCUT2D eigenvalue weighted by Gasteiger charge is 2.18. The Morgan fingerprint density at radius 1 is 0.415 bits per heavy atom. The maximum Gasteiger partial charge on any atom is 0.143 e. The lowest BCUT2D eigenvalue weighted by atomic mass is 9.92. The highest BCUT2D eigenvalue weighted by Crippen LogP contribution is 2.42. The van der Waals surface area contributed by atoms with Gasteiger partial charge in [0, 0.05) is 54.6 Å². The molecule has 0 atom stereocenters. The number of fused-ring (bicyclic) bond motifs is 9. The third-order valence-electron chi connectivity index (χ3n) is 10.5. The van der Waals surface area contributed by atoms with Crippen LogP contribution in [0.2, 0.25) is 0 Å². The minimum absolute atomic E-state index is 0.905. The van der Waals surface area contributed by atoms with Crippen LogP contribution in [0.1, 0.15) is 13.8 Å². The van der Waals surface area contributed by atoms with Gasteiger partial charge in [0.2, 0.25) is 0 Å². The summed E-state index contributed by atoms with van der Waals surface area (Å²) in [6.07, 6.45) is 0. The number of aromatic amines is 1. The summed E-state index contributed by atoms with van der Waals surface area (Å²) in [7, 11) is 0. The van der Waals surface area contributed by atoms with E-state index in [-0.39, 0.29) is 0 Å². The first-order chi connectivity index (χ1) is 26.3. The Labute approximate surface area is 307 Å². The summed E-state index contributed by atoms with van der Waals surface area (Å²) < 4.78 is 8.92. The molecule has 0 saturated heterocycles. The zero-order valence-electron chi connectivity index (χ0n) is 29.6. The Morgan fingerprint density at radius 3 is 1.75 bits per heavy atom. The second kappa shape index (κ2) is 12.4. The van der Waals surface area contributed by atoms with Crippen molar-refractivity contribution in [2.24, 2.45) is 0 Å². The van der Waals surface area contributed by atoms with Crippen LogP contribution in [0.15, 0.2) is 180 Å². The smallest absolute Gasteiger partial charge is 0.143 e. The first kappa shape index (κ1) is 30.9. The molecule has 0 saturated carbocycles. The molecule has 0 fully saturated rings. The van der Waals surface area contributed by atoms with Crippen LogP contribution in [-0.4, -0.2) is 9.55 Å². The van der Waals surface area contributed by atoms with Crippen molar-refractivity contribution in [2.45, 2.75) is 13.8 Å². The molecule has 0 spiro atoms. The number of hydrogen-bond acceptors (Lipinski definition) is 1. The molecule has 0 radical (unpaired) electrons. The van der Waals surface area contributed by atoms with Gasteiger partial charge in [0.25, 0.3) is 0 Å². The highest BCUT2D eigenvalue weighted by atomic mass is 16.3. The Bertz CT molecular complexity index is 3090. The molecule has 8 aromatic carbocycles. The summed E-state index contributed by atoms with van der Waals surface area (Å²) in [5, 5.41) is 7.21. The predicted octanol–water partition coefficient (Wildman–Crippen LogP) is 14.3. The SMILES string of the molecule is CC.c1ccc(-c2cc(-c3cccc4c3[nH]c3ccc(-n5c6ccccc6c6ccccc65)cc34)cc(-c3cccc4c3oc3ccccc34)c2)cc1. The van der Waals surface area contributed by atoms with Crippen molar-refractivity contribution in [1.29, 1.82) is 0 Å². The lowest BCUT2D eigenvalue weighted by Gasteiger charge is -2.12. The second-order valence-electron chi connectivity index (χ2n) is 13.4. The molecule has 252 valence electrons. The molecule has 0 bridgehead atoms. The fraction of sp³-hybridized carbons (Fsp3) is 0.0400.